The molecule has 0 fully saturated rings. The molecule has 2 heterocycles. The number of nitrogens with zero attached hydrogens (tertiary/aromatic N) is 2. The zero-order chi connectivity index (χ0) is 14.8. The molecule has 0 amide bonds. The number of pyridine rings is 1. The maximum Gasteiger partial charge on any atom is 0.165 e. The van der Waals surface area contributed by atoms with E-state index in [0.29, 0.717) is 0 Å². The molecule has 21 heavy (non-hydrogen) atoms. The molecule has 0 saturated carbocycles. The summed E-state index contributed by atoms with van der Waals surface area (Å²) < 4.78 is 18.6. The summed E-state index contributed by atoms with van der Waals surface area (Å²) in [6.45, 7) is 1.93. The molecule has 0 bridgehead atoms. The molecule has 0 radical (unpaired) electrons. The van der Waals surface area contributed by atoms with Crippen molar-refractivity contribution in [3.63, 3.8) is 0 Å². The third-order valence-electron chi connectivity index (χ3n) is 3.29. The van der Waals surface area contributed by atoms with Crippen LogP contribution < -0.4 is 4.74 Å². The second kappa shape index (κ2) is 5.36. The van der Waals surface area contributed by atoms with Gasteiger partial charge >= 0.3 is 0 Å². The number of rotatable bonds is 3. The molecule has 0 aliphatic carbocycles. The van der Waals surface area contributed by atoms with Crippen molar-refractivity contribution in [2.24, 2.45) is 0 Å². The first-order chi connectivity index (χ1) is 10.2. The standard InChI is InChI=1S/C16H14FN3O/c1-10-15(13-5-3-4-8-18-13)16(20-19-10)11-6-7-12(17)14(9-11)21-2/h3-9H,1-2H3,(H,19,20). The fourth-order valence-electron chi connectivity index (χ4n) is 2.27. The van der Waals surface area contributed by atoms with Crippen LogP contribution in [0, 0.1) is 12.7 Å². The molecule has 0 unspecified atom stereocenters. The van der Waals surface area contributed by atoms with Crippen LogP contribution in [0.25, 0.3) is 22.5 Å². The topological polar surface area (TPSA) is 50.8 Å². The summed E-state index contributed by atoms with van der Waals surface area (Å²) in [7, 11) is 1.44. The first kappa shape index (κ1) is 13.3. The van der Waals surface area contributed by atoms with E-state index in [1.54, 1.807) is 18.3 Å². The van der Waals surface area contributed by atoms with E-state index in [1.165, 1.54) is 13.2 Å². The van der Waals surface area contributed by atoms with Crippen molar-refractivity contribution in [3.8, 4) is 28.3 Å². The highest BCUT2D eigenvalue weighted by Gasteiger charge is 2.16. The van der Waals surface area contributed by atoms with Gasteiger partial charge in [-0.1, -0.05) is 6.07 Å². The van der Waals surface area contributed by atoms with Crippen molar-refractivity contribution < 1.29 is 9.13 Å². The van der Waals surface area contributed by atoms with Gasteiger partial charge in [0.05, 0.1) is 12.8 Å². The van der Waals surface area contributed by atoms with Gasteiger partial charge in [-0.05, 0) is 37.3 Å². The van der Waals surface area contributed by atoms with Gasteiger partial charge in [0.25, 0.3) is 0 Å². The summed E-state index contributed by atoms with van der Waals surface area (Å²) in [5, 5.41) is 7.29. The zero-order valence-electron chi connectivity index (χ0n) is 11.7. The molecule has 0 saturated heterocycles. The maximum atomic E-state index is 13.5. The fourth-order valence-corrected chi connectivity index (χ4v) is 2.27. The van der Waals surface area contributed by atoms with Crippen LogP contribution in [-0.2, 0) is 0 Å². The first-order valence-corrected chi connectivity index (χ1v) is 6.51. The van der Waals surface area contributed by atoms with E-state index in [4.69, 9.17) is 4.74 Å². The molecule has 3 aromatic rings. The lowest BCUT2D eigenvalue weighted by atomic mass is 10.0. The Morgan fingerprint density at radius 1 is 1.19 bits per heavy atom. The van der Waals surface area contributed by atoms with E-state index >= 15 is 0 Å². The number of benzene rings is 1. The van der Waals surface area contributed by atoms with E-state index in [0.717, 1.165) is 28.2 Å². The van der Waals surface area contributed by atoms with Crippen LogP contribution in [0.4, 0.5) is 4.39 Å². The van der Waals surface area contributed by atoms with Crippen molar-refractivity contribution in [1.82, 2.24) is 15.2 Å². The van der Waals surface area contributed by atoms with Crippen molar-refractivity contribution in [3.05, 3.63) is 54.1 Å². The number of aromatic amines is 1. The van der Waals surface area contributed by atoms with E-state index in [9.17, 15) is 4.39 Å². The lowest BCUT2D eigenvalue weighted by Crippen LogP contribution is -1.91. The van der Waals surface area contributed by atoms with Gasteiger partial charge in [0.15, 0.2) is 11.6 Å². The molecule has 106 valence electrons. The van der Waals surface area contributed by atoms with Gasteiger partial charge < -0.3 is 4.74 Å². The number of nitrogens with one attached hydrogen (secondary N) is 1. The van der Waals surface area contributed by atoms with Gasteiger partial charge in [0, 0.05) is 23.0 Å². The summed E-state index contributed by atoms with van der Waals surface area (Å²) in [6.07, 6.45) is 1.73. The van der Waals surface area contributed by atoms with Crippen molar-refractivity contribution in [2.45, 2.75) is 6.92 Å². The molecule has 1 aromatic carbocycles. The van der Waals surface area contributed by atoms with Crippen molar-refractivity contribution >= 4 is 0 Å². The first-order valence-electron chi connectivity index (χ1n) is 6.51. The Bertz CT molecular complexity index is 768. The van der Waals surface area contributed by atoms with Crippen molar-refractivity contribution in [1.29, 1.82) is 0 Å². The van der Waals surface area contributed by atoms with Gasteiger partial charge in [-0.25, -0.2) is 4.39 Å². The molecule has 3 rings (SSSR count). The molecule has 0 aliphatic heterocycles. The third kappa shape index (κ3) is 2.38. The van der Waals surface area contributed by atoms with Crippen LogP contribution in [0.1, 0.15) is 5.69 Å². The van der Waals surface area contributed by atoms with Crippen LogP contribution >= 0.6 is 0 Å². The van der Waals surface area contributed by atoms with Gasteiger partial charge in [-0.15, -0.1) is 0 Å². The Morgan fingerprint density at radius 3 is 2.76 bits per heavy atom. The van der Waals surface area contributed by atoms with Crippen LogP contribution in [0.3, 0.4) is 0 Å². The summed E-state index contributed by atoms with van der Waals surface area (Å²) in [6, 6.07) is 10.4. The molecule has 0 aliphatic rings. The average molecular weight is 283 g/mol. The monoisotopic (exact) mass is 283 g/mol. The highest BCUT2D eigenvalue weighted by atomic mass is 19.1. The predicted octanol–water partition coefficient (Wildman–Crippen LogP) is 3.59. The molecule has 4 nitrogen and oxygen atoms in total. The maximum absolute atomic E-state index is 13.5. The van der Waals surface area contributed by atoms with Crippen LogP contribution in [0.2, 0.25) is 0 Å². The summed E-state index contributed by atoms with van der Waals surface area (Å²) in [5.41, 5.74) is 4.14. The van der Waals surface area contributed by atoms with Gasteiger partial charge in [-0.3, -0.25) is 10.1 Å². The van der Waals surface area contributed by atoms with Gasteiger partial charge in [-0.2, -0.15) is 5.10 Å². The Balaban J connectivity index is 2.17. The number of H-pyrrole nitrogens is 1. The minimum absolute atomic E-state index is 0.195. The molecular formula is C16H14FN3O. The Labute approximate surface area is 121 Å². The SMILES string of the molecule is COc1cc(-c2n[nH]c(C)c2-c2ccccn2)ccc1F. The number of halogens is 1. The average Bonchev–Trinajstić information content (AvgIpc) is 2.90. The second-order valence-electron chi connectivity index (χ2n) is 4.64. The third-order valence-corrected chi connectivity index (χ3v) is 3.29. The van der Waals surface area contributed by atoms with E-state index < -0.39 is 5.82 Å². The Morgan fingerprint density at radius 2 is 2.05 bits per heavy atom. The zero-order valence-corrected chi connectivity index (χ0v) is 11.7. The summed E-state index contributed by atoms with van der Waals surface area (Å²) >= 11 is 0. The smallest absolute Gasteiger partial charge is 0.165 e. The fraction of sp³-hybridized carbons (Fsp3) is 0.125. The van der Waals surface area contributed by atoms with E-state index in [2.05, 4.69) is 15.2 Å². The quantitative estimate of drug-likeness (QED) is 0.799. The second-order valence-corrected chi connectivity index (χ2v) is 4.64. The number of hydrogen-bond acceptors (Lipinski definition) is 3. The molecule has 0 atom stereocenters. The van der Waals surface area contributed by atoms with Gasteiger partial charge in [0.1, 0.15) is 5.69 Å². The molecule has 5 heteroatoms. The normalized spacial score (nSPS) is 10.6. The molecule has 2 aromatic heterocycles. The highest BCUT2D eigenvalue weighted by Crippen LogP contribution is 2.33. The van der Waals surface area contributed by atoms with Crippen molar-refractivity contribution in [2.75, 3.05) is 7.11 Å². The highest BCUT2D eigenvalue weighted by molar-refractivity contribution is 5.81. The minimum atomic E-state index is -0.395. The van der Waals surface area contributed by atoms with Gasteiger partial charge in [0.2, 0.25) is 0 Å². The van der Waals surface area contributed by atoms with Crippen LogP contribution in [0.5, 0.6) is 5.75 Å². The lowest BCUT2D eigenvalue weighted by Gasteiger charge is -2.06. The minimum Gasteiger partial charge on any atom is -0.494 e. The van der Waals surface area contributed by atoms with Crippen LogP contribution in [0.15, 0.2) is 42.6 Å². The van der Waals surface area contributed by atoms with Crippen LogP contribution in [-0.4, -0.2) is 22.3 Å². The molecular weight excluding hydrogens is 269 g/mol. The number of aromatic nitrogens is 3. The van der Waals surface area contributed by atoms with E-state index in [1.807, 2.05) is 25.1 Å². The lowest BCUT2D eigenvalue weighted by molar-refractivity contribution is 0.387. The predicted molar refractivity (Wildman–Crippen MR) is 78.5 cm³/mol. The number of methoxy groups -OCH3 is 1. The summed E-state index contributed by atoms with van der Waals surface area (Å²) in [5.74, 6) is -0.201. The summed E-state index contributed by atoms with van der Waals surface area (Å²) in [4.78, 5) is 4.36. The van der Waals surface area contributed by atoms with E-state index in [-0.39, 0.29) is 5.75 Å². The number of aryl methyl sites for hydroxylation is 1. The number of hydrogen-bond donors (Lipinski definition) is 1. The Hall–Kier alpha value is -2.69. The molecule has 0 spiro atoms. The largest absolute Gasteiger partial charge is 0.494 e. The Kier molecular flexibility index (Phi) is 3.39. The molecule has 1 N–H and O–H groups in total. The number of ether oxygens (including phenoxy) is 1.